The summed E-state index contributed by atoms with van der Waals surface area (Å²) >= 11 is 0. The summed E-state index contributed by atoms with van der Waals surface area (Å²) in [6, 6.07) is 17.8. The van der Waals surface area contributed by atoms with Gasteiger partial charge in [0.15, 0.2) is 0 Å². The van der Waals surface area contributed by atoms with Crippen molar-refractivity contribution in [1.82, 2.24) is 10.2 Å². The van der Waals surface area contributed by atoms with Crippen molar-refractivity contribution in [2.75, 3.05) is 39.5 Å². The minimum absolute atomic E-state index is 0.0637. The fraction of sp³-hybridized carbons (Fsp3) is 0.381. The van der Waals surface area contributed by atoms with Crippen LogP contribution in [0, 0.1) is 0 Å². The molecule has 0 radical (unpaired) electrons. The number of amides is 1. The Morgan fingerprint density at radius 3 is 2.46 bits per heavy atom. The first-order valence-corrected chi connectivity index (χ1v) is 9.10. The number of morpholine rings is 1. The van der Waals surface area contributed by atoms with Crippen LogP contribution in [0.4, 0.5) is 0 Å². The van der Waals surface area contributed by atoms with E-state index in [4.69, 9.17) is 9.47 Å². The second kappa shape index (κ2) is 10.1. The molecule has 1 aliphatic heterocycles. The van der Waals surface area contributed by atoms with E-state index >= 15 is 0 Å². The van der Waals surface area contributed by atoms with Gasteiger partial charge in [-0.2, -0.15) is 0 Å². The van der Waals surface area contributed by atoms with Gasteiger partial charge in [-0.15, -0.1) is 0 Å². The van der Waals surface area contributed by atoms with Gasteiger partial charge in [0.25, 0.3) is 5.91 Å². The Kier molecular flexibility index (Phi) is 7.19. The lowest BCUT2D eigenvalue weighted by molar-refractivity contribution is 0.0342. The Morgan fingerprint density at radius 1 is 1.00 bits per heavy atom. The number of carbonyl (C=O) groups excluding carboxylic acids is 1. The monoisotopic (exact) mass is 354 g/mol. The highest BCUT2D eigenvalue weighted by Gasteiger charge is 2.11. The van der Waals surface area contributed by atoms with E-state index in [2.05, 4.69) is 10.2 Å². The summed E-state index contributed by atoms with van der Waals surface area (Å²) in [5.41, 5.74) is 3.03. The van der Waals surface area contributed by atoms with Gasteiger partial charge in [0.1, 0.15) is 0 Å². The van der Waals surface area contributed by atoms with E-state index in [0.717, 1.165) is 38.4 Å². The summed E-state index contributed by atoms with van der Waals surface area (Å²) in [6.07, 6.45) is 0. The molecule has 138 valence electrons. The van der Waals surface area contributed by atoms with E-state index < -0.39 is 0 Å². The van der Waals surface area contributed by atoms with Gasteiger partial charge in [0.2, 0.25) is 0 Å². The topological polar surface area (TPSA) is 50.8 Å². The first kappa shape index (κ1) is 18.6. The highest BCUT2D eigenvalue weighted by atomic mass is 16.5. The second-order valence-corrected chi connectivity index (χ2v) is 6.38. The summed E-state index contributed by atoms with van der Waals surface area (Å²) in [4.78, 5) is 14.5. The predicted octanol–water partition coefficient (Wildman–Crippen LogP) is 2.47. The van der Waals surface area contributed by atoms with Gasteiger partial charge < -0.3 is 14.8 Å². The Bertz CT molecular complexity index is 667. The Labute approximate surface area is 154 Å². The predicted molar refractivity (Wildman–Crippen MR) is 101 cm³/mol. The van der Waals surface area contributed by atoms with Gasteiger partial charge in [-0.1, -0.05) is 42.5 Å². The maximum atomic E-state index is 12.2. The van der Waals surface area contributed by atoms with Crippen molar-refractivity contribution in [2.24, 2.45) is 0 Å². The molecule has 5 heteroatoms. The molecule has 1 saturated heterocycles. The molecule has 0 aromatic heterocycles. The van der Waals surface area contributed by atoms with Crippen molar-refractivity contribution >= 4 is 5.91 Å². The van der Waals surface area contributed by atoms with E-state index in [0.29, 0.717) is 25.3 Å². The van der Waals surface area contributed by atoms with Gasteiger partial charge in [0, 0.05) is 31.7 Å². The van der Waals surface area contributed by atoms with Crippen LogP contribution in [0.2, 0.25) is 0 Å². The van der Waals surface area contributed by atoms with Crippen LogP contribution in [0.1, 0.15) is 21.5 Å². The number of nitrogens with zero attached hydrogens (tertiary/aromatic N) is 1. The van der Waals surface area contributed by atoms with Gasteiger partial charge in [0.05, 0.1) is 26.4 Å². The first-order chi connectivity index (χ1) is 12.8. The summed E-state index contributed by atoms with van der Waals surface area (Å²) in [5.74, 6) is -0.0637. The zero-order valence-corrected chi connectivity index (χ0v) is 15.0. The maximum absolute atomic E-state index is 12.2. The van der Waals surface area contributed by atoms with Crippen molar-refractivity contribution in [1.29, 1.82) is 0 Å². The number of ether oxygens (including phenoxy) is 2. The molecule has 26 heavy (non-hydrogen) atoms. The standard InChI is InChI=1S/C21H26N2O3/c24-21(22-10-13-26-17-19-4-2-1-3-5-19)20-8-6-18(7-9-20)16-23-11-14-25-15-12-23/h1-9H,10-17H2,(H,22,24). The van der Waals surface area contributed by atoms with Crippen LogP contribution < -0.4 is 5.32 Å². The normalized spacial score (nSPS) is 14.9. The third-order valence-corrected chi connectivity index (χ3v) is 4.37. The average Bonchev–Trinajstić information content (AvgIpc) is 2.70. The van der Waals surface area contributed by atoms with E-state index in [1.807, 2.05) is 54.6 Å². The van der Waals surface area contributed by atoms with Crippen molar-refractivity contribution in [3.05, 3.63) is 71.3 Å². The Morgan fingerprint density at radius 2 is 1.73 bits per heavy atom. The quantitative estimate of drug-likeness (QED) is 0.740. The molecule has 0 bridgehead atoms. The van der Waals surface area contributed by atoms with E-state index in [1.54, 1.807) is 0 Å². The Balaban J connectivity index is 1.36. The number of hydrogen-bond acceptors (Lipinski definition) is 4. The van der Waals surface area contributed by atoms with Gasteiger partial charge >= 0.3 is 0 Å². The molecule has 1 amide bonds. The molecule has 0 unspecified atom stereocenters. The zero-order valence-electron chi connectivity index (χ0n) is 15.0. The molecule has 1 heterocycles. The molecule has 0 aliphatic carbocycles. The first-order valence-electron chi connectivity index (χ1n) is 9.10. The average molecular weight is 354 g/mol. The molecule has 0 atom stereocenters. The minimum Gasteiger partial charge on any atom is -0.379 e. The van der Waals surface area contributed by atoms with Crippen LogP contribution in [-0.2, 0) is 22.6 Å². The minimum atomic E-state index is -0.0637. The molecular formula is C21H26N2O3. The van der Waals surface area contributed by atoms with Crippen LogP contribution in [0.25, 0.3) is 0 Å². The van der Waals surface area contributed by atoms with Crippen molar-refractivity contribution in [3.8, 4) is 0 Å². The number of hydrogen-bond donors (Lipinski definition) is 1. The van der Waals surface area contributed by atoms with E-state index in [-0.39, 0.29) is 5.91 Å². The van der Waals surface area contributed by atoms with Crippen molar-refractivity contribution in [2.45, 2.75) is 13.2 Å². The lowest BCUT2D eigenvalue weighted by Crippen LogP contribution is -2.35. The molecule has 0 spiro atoms. The van der Waals surface area contributed by atoms with Crippen molar-refractivity contribution < 1.29 is 14.3 Å². The third-order valence-electron chi connectivity index (χ3n) is 4.37. The van der Waals surface area contributed by atoms with Crippen LogP contribution in [-0.4, -0.2) is 50.3 Å². The number of nitrogens with one attached hydrogen (secondary N) is 1. The smallest absolute Gasteiger partial charge is 0.251 e. The number of benzene rings is 2. The highest BCUT2D eigenvalue weighted by Crippen LogP contribution is 2.09. The molecule has 5 nitrogen and oxygen atoms in total. The zero-order chi connectivity index (χ0) is 18.0. The maximum Gasteiger partial charge on any atom is 0.251 e. The van der Waals surface area contributed by atoms with E-state index in [1.165, 1.54) is 5.56 Å². The SMILES string of the molecule is O=C(NCCOCc1ccccc1)c1ccc(CN2CCOCC2)cc1. The van der Waals surface area contributed by atoms with Crippen LogP contribution >= 0.6 is 0 Å². The number of carbonyl (C=O) groups is 1. The lowest BCUT2D eigenvalue weighted by Gasteiger charge is -2.26. The Hall–Kier alpha value is -2.21. The van der Waals surface area contributed by atoms with Gasteiger partial charge in [-0.05, 0) is 23.3 Å². The third kappa shape index (κ3) is 5.95. The molecule has 2 aromatic rings. The molecular weight excluding hydrogens is 328 g/mol. The fourth-order valence-corrected chi connectivity index (χ4v) is 2.88. The number of rotatable bonds is 8. The highest BCUT2D eigenvalue weighted by molar-refractivity contribution is 5.94. The van der Waals surface area contributed by atoms with Crippen LogP contribution in [0.5, 0.6) is 0 Å². The summed E-state index contributed by atoms with van der Waals surface area (Å²) in [6.45, 7) is 5.98. The summed E-state index contributed by atoms with van der Waals surface area (Å²) < 4.78 is 10.9. The molecule has 1 aliphatic rings. The summed E-state index contributed by atoms with van der Waals surface area (Å²) in [7, 11) is 0. The van der Waals surface area contributed by atoms with Gasteiger partial charge in [-0.25, -0.2) is 0 Å². The lowest BCUT2D eigenvalue weighted by atomic mass is 10.1. The largest absolute Gasteiger partial charge is 0.379 e. The molecule has 1 fully saturated rings. The van der Waals surface area contributed by atoms with Crippen molar-refractivity contribution in [3.63, 3.8) is 0 Å². The van der Waals surface area contributed by atoms with Gasteiger partial charge in [-0.3, -0.25) is 9.69 Å². The molecule has 3 rings (SSSR count). The van der Waals surface area contributed by atoms with Crippen LogP contribution in [0.15, 0.2) is 54.6 Å². The summed E-state index contributed by atoms with van der Waals surface area (Å²) in [5, 5.41) is 2.90. The molecule has 0 saturated carbocycles. The van der Waals surface area contributed by atoms with Crippen LogP contribution in [0.3, 0.4) is 0 Å². The van der Waals surface area contributed by atoms with E-state index in [9.17, 15) is 4.79 Å². The second-order valence-electron chi connectivity index (χ2n) is 6.38. The molecule has 2 aromatic carbocycles. The molecule has 1 N–H and O–H groups in total. The fourth-order valence-electron chi connectivity index (χ4n) is 2.88.